The maximum atomic E-state index is 12.1. The van der Waals surface area contributed by atoms with E-state index >= 15 is 0 Å². The van der Waals surface area contributed by atoms with Gasteiger partial charge in [-0.3, -0.25) is 10.1 Å². The van der Waals surface area contributed by atoms with Crippen molar-refractivity contribution in [2.45, 2.75) is 19.3 Å². The van der Waals surface area contributed by atoms with Crippen LogP contribution in [0.4, 0.5) is 15.5 Å². The highest BCUT2D eigenvalue weighted by Gasteiger charge is 2.21. The van der Waals surface area contributed by atoms with E-state index in [1.807, 2.05) is 0 Å². The first-order chi connectivity index (χ1) is 13.0. The van der Waals surface area contributed by atoms with Gasteiger partial charge in [-0.05, 0) is 62.6 Å². The highest BCUT2D eigenvalue weighted by Crippen LogP contribution is 2.32. The molecule has 0 spiro atoms. The predicted molar refractivity (Wildman–Crippen MR) is 108 cm³/mol. The number of carbonyl (C=O) groups is 2. The van der Waals surface area contributed by atoms with Crippen LogP contribution < -0.4 is 22.1 Å². The van der Waals surface area contributed by atoms with Gasteiger partial charge in [0.1, 0.15) is 10.6 Å². The lowest BCUT2D eigenvalue weighted by atomic mass is 10.1. The molecule has 0 atom stereocenters. The Morgan fingerprint density at radius 2 is 1.89 bits per heavy atom. The number of hydrogen-bond donors (Lipinski definition) is 4. The Kier molecular flexibility index (Phi) is 6.25. The Morgan fingerprint density at radius 3 is 2.56 bits per heavy atom. The number of nitrogens with zero attached hydrogens (tertiary/aromatic N) is 2. The summed E-state index contributed by atoms with van der Waals surface area (Å²) >= 11 is 1.03. The highest BCUT2D eigenvalue weighted by molar-refractivity contribution is 7.11. The van der Waals surface area contributed by atoms with Gasteiger partial charge in [0, 0.05) is 17.8 Å². The SMILES string of the molecule is NC(=O)c1c(-c2ccc(N)cc2)nsc1NC(=O)NCCCN1CCCC1. The van der Waals surface area contributed by atoms with E-state index in [0.717, 1.165) is 37.6 Å². The van der Waals surface area contributed by atoms with Crippen molar-refractivity contribution in [3.63, 3.8) is 0 Å². The van der Waals surface area contributed by atoms with Crippen LogP contribution in [0.3, 0.4) is 0 Å². The number of carbonyl (C=O) groups excluding carboxylic acids is 2. The number of urea groups is 1. The second-order valence-corrected chi connectivity index (χ2v) is 7.28. The van der Waals surface area contributed by atoms with Crippen molar-refractivity contribution < 1.29 is 9.59 Å². The van der Waals surface area contributed by atoms with Crippen molar-refractivity contribution in [3.8, 4) is 11.3 Å². The zero-order chi connectivity index (χ0) is 19.2. The van der Waals surface area contributed by atoms with Gasteiger partial charge in [-0.25, -0.2) is 4.79 Å². The summed E-state index contributed by atoms with van der Waals surface area (Å²) in [6.45, 7) is 3.83. The highest BCUT2D eigenvalue weighted by atomic mass is 32.1. The molecule has 0 bridgehead atoms. The van der Waals surface area contributed by atoms with Gasteiger partial charge in [0.05, 0.1) is 5.69 Å². The molecule has 0 saturated carbocycles. The van der Waals surface area contributed by atoms with Crippen molar-refractivity contribution in [3.05, 3.63) is 29.8 Å². The van der Waals surface area contributed by atoms with Crippen LogP contribution in [0.5, 0.6) is 0 Å². The predicted octanol–water partition coefficient (Wildman–Crippen LogP) is 2.10. The summed E-state index contributed by atoms with van der Waals surface area (Å²) < 4.78 is 4.29. The van der Waals surface area contributed by atoms with E-state index in [9.17, 15) is 9.59 Å². The van der Waals surface area contributed by atoms with E-state index in [4.69, 9.17) is 11.5 Å². The fourth-order valence-electron chi connectivity index (χ4n) is 3.10. The molecule has 3 amide bonds. The Labute approximate surface area is 162 Å². The maximum Gasteiger partial charge on any atom is 0.319 e. The summed E-state index contributed by atoms with van der Waals surface area (Å²) in [7, 11) is 0. The number of amides is 3. The molecular weight excluding hydrogens is 364 g/mol. The van der Waals surface area contributed by atoms with Crippen LogP contribution in [0.1, 0.15) is 29.6 Å². The van der Waals surface area contributed by atoms with E-state index in [1.54, 1.807) is 24.3 Å². The summed E-state index contributed by atoms with van der Waals surface area (Å²) in [5.74, 6) is -0.639. The van der Waals surface area contributed by atoms with Crippen LogP contribution in [0.25, 0.3) is 11.3 Å². The molecule has 1 aliphatic heterocycles. The average molecular weight is 388 g/mol. The number of anilines is 2. The van der Waals surface area contributed by atoms with E-state index < -0.39 is 5.91 Å². The lowest BCUT2D eigenvalue weighted by molar-refractivity contribution is 0.100. The van der Waals surface area contributed by atoms with Gasteiger partial charge in [-0.15, -0.1) is 0 Å². The number of nitrogens with two attached hydrogens (primary N) is 2. The van der Waals surface area contributed by atoms with Crippen molar-refractivity contribution in [1.29, 1.82) is 0 Å². The fraction of sp³-hybridized carbons (Fsp3) is 0.389. The summed E-state index contributed by atoms with van der Waals surface area (Å²) in [5, 5.41) is 5.84. The van der Waals surface area contributed by atoms with Crippen LogP contribution in [0.15, 0.2) is 24.3 Å². The average Bonchev–Trinajstić information content (AvgIpc) is 3.29. The molecular formula is C18H24N6O2S. The molecule has 0 unspecified atom stereocenters. The molecule has 2 aromatic rings. The molecule has 0 radical (unpaired) electrons. The van der Waals surface area contributed by atoms with E-state index in [0.29, 0.717) is 28.5 Å². The van der Waals surface area contributed by atoms with Crippen molar-refractivity contribution >= 4 is 34.2 Å². The molecule has 1 aromatic heterocycles. The molecule has 0 aliphatic carbocycles. The molecule has 6 N–H and O–H groups in total. The van der Waals surface area contributed by atoms with Crippen molar-refractivity contribution in [1.82, 2.24) is 14.6 Å². The maximum absolute atomic E-state index is 12.1. The number of likely N-dealkylation sites (tertiary alicyclic amines) is 1. The number of hydrogen-bond acceptors (Lipinski definition) is 6. The largest absolute Gasteiger partial charge is 0.399 e. The lowest BCUT2D eigenvalue weighted by Crippen LogP contribution is -2.32. The molecule has 1 aliphatic rings. The van der Waals surface area contributed by atoms with E-state index in [1.165, 1.54) is 12.8 Å². The smallest absolute Gasteiger partial charge is 0.319 e. The normalized spacial score (nSPS) is 14.2. The number of benzene rings is 1. The molecule has 2 heterocycles. The molecule has 27 heavy (non-hydrogen) atoms. The Morgan fingerprint density at radius 1 is 1.19 bits per heavy atom. The van der Waals surface area contributed by atoms with Gasteiger partial charge in [0.15, 0.2) is 0 Å². The Hall–Kier alpha value is -2.65. The number of aromatic nitrogens is 1. The second-order valence-electron chi connectivity index (χ2n) is 6.50. The van der Waals surface area contributed by atoms with Gasteiger partial charge in [0.2, 0.25) is 0 Å². The standard InChI is InChI=1S/C18H24N6O2S/c19-13-6-4-12(5-7-13)15-14(16(20)25)17(27-23-15)22-18(26)21-8-3-11-24-9-1-2-10-24/h4-7H,1-3,8-11,19H2,(H2,20,25)(H2,21,22,26). The Balaban J connectivity index is 1.59. The fourth-order valence-corrected chi connectivity index (χ4v) is 3.91. The molecule has 9 heteroatoms. The number of nitrogen functional groups attached to an aromatic ring is 1. The minimum Gasteiger partial charge on any atom is -0.399 e. The Bertz CT molecular complexity index is 799. The van der Waals surface area contributed by atoms with Crippen LogP contribution in [0, 0.1) is 0 Å². The minimum atomic E-state index is -0.639. The van der Waals surface area contributed by atoms with E-state index in [-0.39, 0.29) is 11.6 Å². The number of rotatable bonds is 7. The first kappa shape index (κ1) is 19.1. The quantitative estimate of drug-likeness (QED) is 0.427. The van der Waals surface area contributed by atoms with Gasteiger partial charge in [0.25, 0.3) is 5.91 Å². The number of nitrogens with one attached hydrogen (secondary N) is 2. The van der Waals surface area contributed by atoms with Crippen LogP contribution in [-0.2, 0) is 0 Å². The lowest BCUT2D eigenvalue weighted by Gasteiger charge is -2.14. The van der Waals surface area contributed by atoms with Gasteiger partial charge in [-0.1, -0.05) is 12.1 Å². The third kappa shape index (κ3) is 4.95. The third-order valence-electron chi connectivity index (χ3n) is 4.49. The molecule has 8 nitrogen and oxygen atoms in total. The first-order valence-corrected chi connectivity index (χ1v) is 9.74. The first-order valence-electron chi connectivity index (χ1n) is 8.97. The van der Waals surface area contributed by atoms with Gasteiger partial charge < -0.3 is 21.7 Å². The van der Waals surface area contributed by atoms with Gasteiger partial charge >= 0.3 is 6.03 Å². The van der Waals surface area contributed by atoms with Crippen LogP contribution in [0.2, 0.25) is 0 Å². The molecule has 1 saturated heterocycles. The van der Waals surface area contributed by atoms with Crippen LogP contribution >= 0.6 is 11.5 Å². The molecule has 1 aromatic carbocycles. The summed E-state index contributed by atoms with van der Waals surface area (Å²) in [6.07, 6.45) is 3.40. The summed E-state index contributed by atoms with van der Waals surface area (Å²) in [4.78, 5) is 26.5. The minimum absolute atomic E-state index is 0.206. The second kappa shape index (κ2) is 8.83. The monoisotopic (exact) mass is 388 g/mol. The molecule has 144 valence electrons. The number of primary amides is 1. The zero-order valence-corrected chi connectivity index (χ0v) is 15.8. The van der Waals surface area contributed by atoms with Gasteiger partial charge in [-0.2, -0.15) is 4.37 Å². The summed E-state index contributed by atoms with van der Waals surface area (Å²) in [6, 6.07) is 6.60. The molecule has 1 fully saturated rings. The van der Waals surface area contributed by atoms with E-state index in [2.05, 4.69) is 19.9 Å². The molecule has 3 rings (SSSR count). The van der Waals surface area contributed by atoms with Crippen LogP contribution in [-0.4, -0.2) is 47.4 Å². The van der Waals surface area contributed by atoms with Crippen molar-refractivity contribution in [2.75, 3.05) is 37.2 Å². The van der Waals surface area contributed by atoms with Crippen molar-refractivity contribution in [2.24, 2.45) is 5.73 Å². The summed E-state index contributed by atoms with van der Waals surface area (Å²) in [5.41, 5.74) is 13.2. The zero-order valence-electron chi connectivity index (χ0n) is 15.0. The topological polar surface area (TPSA) is 126 Å². The third-order valence-corrected chi connectivity index (χ3v) is 5.25.